The van der Waals surface area contributed by atoms with Gasteiger partial charge in [-0.15, -0.1) is 0 Å². The van der Waals surface area contributed by atoms with E-state index in [0.717, 1.165) is 11.3 Å². The fourth-order valence-electron chi connectivity index (χ4n) is 2.39. The summed E-state index contributed by atoms with van der Waals surface area (Å²) in [4.78, 5) is 0. The molecule has 0 spiro atoms. The number of ether oxygens (including phenoxy) is 1. The van der Waals surface area contributed by atoms with Gasteiger partial charge in [0, 0.05) is 6.04 Å². The summed E-state index contributed by atoms with van der Waals surface area (Å²) < 4.78 is 30.5. The highest BCUT2D eigenvalue weighted by atomic mass is 32.2. The van der Waals surface area contributed by atoms with Crippen LogP contribution in [0.5, 0.6) is 5.75 Å². The Kier molecular flexibility index (Phi) is 6.23. The van der Waals surface area contributed by atoms with E-state index in [0.29, 0.717) is 0 Å². The first-order valence-corrected chi connectivity index (χ1v) is 8.90. The van der Waals surface area contributed by atoms with Gasteiger partial charge in [-0.25, -0.2) is 8.42 Å². The molecule has 0 amide bonds. The first kappa shape index (κ1) is 18.0. The lowest BCUT2D eigenvalue weighted by atomic mass is 10.0. The predicted molar refractivity (Wildman–Crippen MR) is 87.5 cm³/mol. The maximum atomic E-state index is 12.7. The van der Waals surface area contributed by atoms with Gasteiger partial charge in [0.2, 0.25) is 0 Å². The Morgan fingerprint density at radius 3 is 1.90 bits per heavy atom. The second-order valence-corrected chi connectivity index (χ2v) is 8.45. The van der Waals surface area contributed by atoms with Crippen molar-refractivity contribution in [2.75, 3.05) is 14.2 Å². The van der Waals surface area contributed by atoms with E-state index in [1.54, 1.807) is 28.0 Å². The minimum absolute atomic E-state index is 0.103. The molecule has 1 aromatic rings. The molecule has 1 N–H and O–H groups in total. The average molecular weight is 313 g/mol. The Hall–Kier alpha value is -1.07. The minimum Gasteiger partial charge on any atom is -0.497 e. The smallest absolute Gasteiger partial charge is 0.157 e. The van der Waals surface area contributed by atoms with Crippen molar-refractivity contribution in [2.45, 2.75) is 44.2 Å². The molecular weight excluding hydrogens is 286 g/mol. The highest BCUT2D eigenvalue weighted by Gasteiger charge is 2.35. The lowest BCUT2D eigenvalue weighted by Gasteiger charge is -2.28. The van der Waals surface area contributed by atoms with Crippen LogP contribution in [0.4, 0.5) is 0 Å². The Morgan fingerprint density at radius 2 is 1.52 bits per heavy atom. The normalized spacial score (nSPS) is 16.5. The molecule has 0 radical (unpaired) electrons. The fraction of sp³-hybridized carbons (Fsp3) is 0.625. The summed E-state index contributed by atoms with van der Waals surface area (Å²) in [6.45, 7) is 7.45. The van der Waals surface area contributed by atoms with Gasteiger partial charge in [0.15, 0.2) is 9.84 Å². The molecule has 0 aliphatic heterocycles. The van der Waals surface area contributed by atoms with E-state index in [9.17, 15) is 8.42 Å². The third-order valence-electron chi connectivity index (χ3n) is 4.23. The Morgan fingerprint density at radius 1 is 1.00 bits per heavy atom. The summed E-state index contributed by atoms with van der Waals surface area (Å²) >= 11 is 0. The molecule has 1 aromatic carbocycles. The van der Waals surface area contributed by atoms with Gasteiger partial charge in [-0.1, -0.05) is 26.0 Å². The summed E-state index contributed by atoms with van der Waals surface area (Å²) in [5.74, 6) is 0.866. The molecule has 120 valence electrons. The number of methoxy groups -OCH3 is 1. The zero-order valence-corrected chi connectivity index (χ0v) is 14.6. The molecule has 5 heteroatoms. The topological polar surface area (TPSA) is 55.4 Å². The van der Waals surface area contributed by atoms with Gasteiger partial charge in [0.25, 0.3) is 0 Å². The van der Waals surface area contributed by atoms with Gasteiger partial charge in [-0.3, -0.25) is 0 Å². The number of nitrogens with one attached hydrogen (secondary N) is 1. The Bertz CT molecular complexity index is 537. The number of rotatable bonds is 7. The van der Waals surface area contributed by atoms with Gasteiger partial charge >= 0.3 is 0 Å². The van der Waals surface area contributed by atoms with Crippen LogP contribution in [0.2, 0.25) is 0 Å². The molecule has 1 rings (SSSR count). The van der Waals surface area contributed by atoms with Gasteiger partial charge in [0.1, 0.15) is 5.75 Å². The average Bonchev–Trinajstić information content (AvgIpc) is 2.47. The highest BCUT2D eigenvalue weighted by molar-refractivity contribution is 7.92. The number of sulfone groups is 1. The van der Waals surface area contributed by atoms with Crippen molar-refractivity contribution in [3.63, 3.8) is 0 Å². The van der Waals surface area contributed by atoms with Crippen molar-refractivity contribution < 1.29 is 13.2 Å². The van der Waals surface area contributed by atoms with E-state index in [2.05, 4.69) is 5.32 Å². The van der Waals surface area contributed by atoms with E-state index in [1.807, 2.05) is 38.1 Å². The Labute approximate surface area is 128 Å². The summed E-state index contributed by atoms with van der Waals surface area (Å²) in [5, 5.41) is 2.28. The van der Waals surface area contributed by atoms with Crippen LogP contribution in [0.3, 0.4) is 0 Å². The number of benzene rings is 1. The molecule has 0 saturated carbocycles. The molecule has 0 heterocycles. The van der Waals surface area contributed by atoms with E-state index in [4.69, 9.17) is 4.74 Å². The molecule has 0 bridgehead atoms. The largest absolute Gasteiger partial charge is 0.497 e. The molecular formula is C16H27NO3S. The Balaban J connectivity index is 3.08. The monoisotopic (exact) mass is 313 g/mol. The summed E-state index contributed by atoms with van der Waals surface area (Å²) in [6, 6.07) is 7.29. The van der Waals surface area contributed by atoms with Crippen molar-refractivity contribution >= 4 is 9.84 Å². The lowest BCUT2D eigenvalue weighted by molar-refractivity contribution is 0.414. The zero-order chi connectivity index (χ0) is 16.2. The highest BCUT2D eigenvalue weighted by Crippen LogP contribution is 2.28. The summed E-state index contributed by atoms with van der Waals surface area (Å²) in [5.41, 5.74) is 0.949. The second-order valence-electron chi connectivity index (χ2n) is 5.78. The van der Waals surface area contributed by atoms with Gasteiger partial charge in [0.05, 0.1) is 17.6 Å². The van der Waals surface area contributed by atoms with Crippen molar-refractivity contribution in [3.8, 4) is 5.75 Å². The van der Waals surface area contributed by atoms with E-state index in [-0.39, 0.29) is 17.2 Å². The van der Waals surface area contributed by atoms with Crippen LogP contribution in [0.25, 0.3) is 0 Å². The van der Waals surface area contributed by atoms with Crippen LogP contribution in [-0.2, 0) is 9.84 Å². The van der Waals surface area contributed by atoms with Crippen molar-refractivity contribution in [1.82, 2.24) is 5.32 Å². The van der Waals surface area contributed by atoms with Crippen LogP contribution in [0.1, 0.15) is 39.3 Å². The molecule has 0 saturated heterocycles. The standard InChI is InChI=1S/C16H27NO3S/c1-11(2)12(3)21(18,19)13(4)16(17-5)14-7-9-15(20-6)10-8-14/h7-13,16-17H,1-6H3. The third-order valence-corrected chi connectivity index (χ3v) is 7.12. The minimum atomic E-state index is -3.21. The van der Waals surface area contributed by atoms with Crippen molar-refractivity contribution in [3.05, 3.63) is 29.8 Å². The predicted octanol–water partition coefficient (Wildman–Crippen LogP) is 2.80. The SMILES string of the molecule is CNC(c1ccc(OC)cc1)C(C)S(=O)(=O)C(C)C(C)C. The quantitative estimate of drug-likeness (QED) is 0.841. The lowest BCUT2D eigenvalue weighted by Crippen LogP contribution is -2.39. The van der Waals surface area contributed by atoms with Crippen LogP contribution in [0, 0.1) is 5.92 Å². The second kappa shape index (κ2) is 7.27. The molecule has 4 nitrogen and oxygen atoms in total. The molecule has 3 atom stereocenters. The maximum absolute atomic E-state index is 12.7. The third kappa shape index (κ3) is 3.98. The van der Waals surface area contributed by atoms with Gasteiger partial charge in [-0.2, -0.15) is 0 Å². The van der Waals surface area contributed by atoms with Gasteiger partial charge in [-0.05, 0) is 44.5 Å². The van der Waals surface area contributed by atoms with E-state index >= 15 is 0 Å². The molecule has 0 aromatic heterocycles. The van der Waals surface area contributed by atoms with E-state index < -0.39 is 15.1 Å². The number of hydrogen-bond donors (Lipinski definition) is 1. The van der Waals surface area contributed by atoms with Crippen LogP contribution in [0.15, 0.2) is 24.3 Å². The summed E-state index contributed by atoms with van der Waals surface area (Å²) in [6.07, 6.45) is 0. The van der Waals surface area contributed by atoms with Crippen LogP contribution in [-0.4, -0.2) is 33.1 Å². The van der Waals surface area contributed by atoms with E-state index in [1.165, 1.54) is 0 Å². The zero-order valence-electron chi connectivity index (χ0n) is 13.8. The molecule has 21 heavy (non-hydrogen) atoms. The van der Waals surface area contributed by atoms with Crippen molar-refractivity contribution in [2.24, 2.45) is 5.92 Å². The molecule has 3 unspecified atom stereocenters. The molecule has 0 aliphatic rings. The van der Waals surface area contributed by atoms with Crippen LogP contribution < -0.4 is 10.1 Å². The first-order chi connectivity index (χ1) is 9.75. The van der Waals surface area contributed by atoms with Crippen LogP contribution >= 0.6 is 0 Å². The number of hydrogen-bond acceptors (Lipinski definition) is 4. The molecule has 0 aliphatic carbocycles. The van der Waals surface area contributed by atoms with Gasteiger partial charge < -0.3 is 10.1 Å². The maximum Gasteiger partial charge on any atom is 0.157 e. The fourth-order valence-corrected chi connectivity index (χ4v) is 4.50. The first-order valence-electron chi connectivity index (χ1n) is 7.29. The summed E-state index contributed by atoms with van der Waals surface area (Å²) in [7, 11) is 0.199. The molecule has 0 fully saturated rings. The van der Waals surface area contributed by atoms with Crippen molar-refractivity contribution in [1.29, 1.82) is 0 Å².